The number of nitrogens with zero attached hydrogens (tertiary/aromatic N) is 1. The van der Waals surface area contributed by atoms with Crippen molar-refractivity contribution in [1.82, 2.24) is 5.32 Å². The van der Waals surface area contributed by atoms with Crippen LogP contribution in [-0.2, 0) is 9.59 Å². The number of rotatable bonds is 5. The monoisotopic (exact) mass is 410 g/mol. The summed E-state index contributed by atoms with van der Waals surface area (Å²) in [7, 11) is 4.42. The minimum Gasteiger partial charge on any atom is -0.496 e. The lowest BCUT2D eigenvalue weighted by molar-refractivity contribution is -0.122. The van der Waals surface area contributed by atoms with Crippen LogP contribution < -0.4 is 24.4 Å². The first-order valence-corrected chi connectivity index (χ1v) is 9.09. The Kier molecular flexibility index (Phi) is 5.77. The zero-order valence-corrected chi connectivity index (χ0v) is 17.4. The minimum atomic E-state index is -0.798. The second kappa shape index (κ2) is 8.28. The van der Waals surface area contributed by atoms with E-state index in [1.165, 1.54) is 27.4 Å². The Hall–Kier alpha value is -3.81. The molecule has 3 rings (SSSR count). The van der Waals surface area contributed by atoms with E-state index >= 15 is 0 Å². The quantitative estimate of drug-likeness (QED) is 0.602. The molecular weight excluding hydrogens is 388 g/mol. The first-order valence-electron chi connectivity index (χ1n) is 9.09. The van der Waals surface area contributed by atoms with Crippen LogP contribution in [0.15, 0.2) is 35.9 Å². The first-order chi connectivity index (χ1) is 14.3. The Balaban J connectivity index is 2.11. The molecular formula is C22H22N2O6. The Labute approximate surface area is 174 Å². The van der Waals surface area contributed by atoms with E-state index in [1.54, 1.807) is 31.2 Å². The van der Waals surface area contributed by atoms with Gasteiger partial charge in [0.05, 0.1) is 27.0 Å². The highest BCUT2D eigenvalue weighted by atomic mass is 16.5. The molecule has 2 aromatic carbocycles. The van der Waals surface area contributed by atoms with Gasteiger partial charge in [-0.3, -0.25) is 14.9 Å². The summed E-state index contributed by atoms with van der Waals surface area (Å²) in [5, 5.41) is 2.22. The van der Waals surface area contributed by atoms with Gasteiger partial charge in [0.15, 0.2) is 11.5 Å². The molecule has 0 spiro atoms. The van der Waals surface area contributed by atoms with Gasteiger partial charge in [0.2, 0.25) is 0 Å². The third-order valence-corrected chi connectivity index (χ3v) is 4.73. The predicted octanol–water partition coefficient (Wildman–Crippen LogP) is 3.00. The molecule has 1 aliphatic heterocycles. The number of imide groups is 2. The second-order valence-electron chi connectivity index (χ2n) is 6.70. The summed E-state index contributed by atoms with van der Waals surface area (Å²) in [6.45, 7) is 3.70. The van der Waals surface area contributed by atoms with Crippen molar-refractivity contribution >= 4 is 29.6 Å². The normalized spacial score (nSPS) is 15.3. The molecule has 0 aliphatic carbocycles. The maximum Gasteiger partial charge on any atom is 0.335 e. The van der Waals surface area contributed by atoms with Crippen LogP contribution in [0.25, 0.3) is 6.08 Å². The number of amides is 4. The van der Waals surface area contributed by atoms with Crippen molar-refractivity contribution < 1.29 is 28.6 Å². The summed E-state index contributed by atoms with van der Waals surface area (Å²) in [6, 6.07) is 7.69. The number of carbonyl (C=O) groups is 3. The molecule has 1 saturated heterocycles. The third kappa shape index (κ3) is 3.71. The Bertz CT molecular complexity index is 1070. The molecule has 1 fully saturated rings. The number of barbiturate groups is 1. The zero-order chi connectivity index (χ0) is 22.0. The van der Waals surface area contributed by atoms with E-state index < -0.39 is 17.8 Å². The van der Waals surface area contributed by atoms with E-state index in [4.69, 9.17) is 14.2 Å². The number of hydrogen-bond acceptors (Lipinski definition) is 6. The van der Waals surface area contributed by atoms with Crippen LogP contribution in [0, 0.1) is 13.8 Å². The van der Waals surface area contributed by atoms with Gasteiger partial charge in [-0.15, -0.1) is 0 Å². The summed E-state index contributed by atoms with van der Waals surface area (Å²) >= 11 is 0. The van der Waals surface area contributed by atoms with Gasteiger partial charge in [0.1, 0.15) is 11.3 Å². The maximum atomic E-state index is 13.1. The van der Waals surface area contributed by atoms with E-state index in [-0.39, 0.29) is 5.57 Å². The van der Waals surface area contributed by atoms with Crippen molar-refractivity contribution in [3.05, 3.63) is 52.6 Å². The molecule has 0 saturated carbocycles. The Morgan fingerprint density at radius 1 is 0.867 bits per heavy atom. The lowest BCUT2D eigenvalue weighted by Crippen LogP contribution is -2.54. The zero-order valence-electron chi connectivity index (χ0n) is 17.4. The van der Waals surface area contributed by atoms with Crippen LogP contribution in [0.3, 0.4) is 0 Å². The van der Waals surface area contributed by atoms with Crippen molar-refractivity contribution in [2.24, 2.45) is 0 Å². The number of aryl methyl sites for hydroxylation is 2. The van der Waals surface area contributed by atoms with E-state index in [0.29, 0.717) is 28.5 Å². The summed E-state index contributed by atoms with van der Waals surface area (Å²) in [5.74, 6) is -0.315. The molecule has 156 valence electrons. The topological polar surface area (TPSA) is 94.2 Å². The smallest absolute Gasteiger partial charge is 0.335 e. The fourth-order valence-electron chi connectivity index (χ4n) is 3.25. The average Bonchev–Trinajstić information content (AvgIpc) is 2.71. The number of methoxy groups -OCH3 is 3. The summed E-state index contributed by atoms with van der Waals surface area (Å²) in [4.78, 5) is 39.0. The SMILES string of the molecule is COc1cc(OC)c(OC)cc1/C=C1\C(=O)NC(=O)N(c2ccc(C)cc2C)C1=O. The summed E-state index contributed by atoms with van der Waals surface area (Å²) < 4.78 is 15.9. The van der Waals surface area contributed by atoms with E-state index in [2.05, 4.69) is 5.32 Å². The molecule has 1 aliphatic rings. The number of nitrogens with one attached hydrogen (secondary N) is 1. The number of urea groups is 1. The van der Waals surface area contributed by atoms with Crippen LogP contribution >= 0.6 is 0 Å². The largest absolute Gasteiger partial charge is 0.496 e. The van der Waals surface area contributed by atoms with Gasteiger partial charge < -0.3 is 14.2 Å². The predicted molar refractivity (Wildman–Crippen MR) is 111 cm³/mol. The molecule has 2 aromatic rings. The lowest BCUT2D eigenvalue weighted by atomic mass is 10.0. The molecule has 0 bridgehead atoms. The van der Waals surface area contributed by atoms with Crippen molar-refractivity contribution in [3.8, 4) is 17.2 Å². The molecule has 1 N–H and O–H groups in total. The molecule has 30 heavy (non-hydrogen) atoms. The number of ether oxygens (including phenoxy) is 3. The van der Waals surface area contributed by atoms with Gasteiger partial charge in [-0.2, -0.15) is 0 Å². The number of anilines is 1. The van der Waals surface area contributed by atoms with Crippen molar-refractivity contribution in [1.29, 1.82) is 0 Å². The maximum absolute atomic E-state index is 13.1. The number of hydrogen-bond donors (Lipinski definition) is 1. The average molecular weight is 410 g/mol. The summed E-state index contributed by atoms with van der Waals surface area (Å²) in [6.07, 6.45) is 1.36. The molecule has 8 nitrogen and oxygen atoms in total. The molecule has 8 heteroatoms. The van der Waals surface area contributed by atoms with Crippen LogP contribution in [0.2, 0.25) is 0 Å². The van der Waals surface area contributed by atoms with Gasteiger partial charge in [-0.05, 0) is 37.6 Å². The van der Waals surface area contributed by atoms with Gasteiger partial charge in [-0.25, -0.2) is 9.69 Å². The molecule has 0 radical (unpaired) electrons. The molecule has 0 aromatic heterocycles. The lowest BCUT2D eigenvalue weighted by Gasteiger charge is -2.27. The molecule has 0 unspecified atom stereocenters. The van der Waals surface area contributed by atoms with Gasteiger partial charge in [-0.1, -0.05) is 17.7 Å². The van der Waals surface area contributed by atoms with Crippen molar-refractivity contribution in [2.45, 2.75) is 13.8 Å². The molecule has 1 heterocycles. The first kappa shape index (κ1) is 20.9. The number of benzene rings is 2. The fourth-order valence-corrected chi connectivity index (χ4v) is 3.25. The molecule has 4 amide bonds. The summed E-state index contributed by atoms with van der Waals surface area (Å²) in [5.41, 5.74) is 2.34. The van der Waals surface area contributed by atoms with Crippen molar-refractivity contribution in [3.63, 3.8) is 0 Å². The highest BCUT2D eigenvalue weighted by Crippen LogP contribution is 2.36. The van der Waals surface area contributed by atoms with E-state index in [9.17, 15) is 14.4 Å². The third-order valence-electron chi connectivity index (χ3n) is 4.73. The highest BCUT2D eigenvalue weighted by Gasteiger charge is 2.37. The van der Waals surface area contributed by atoms with Crippen LogP contribution in [0.5, 0.6) is 17.2 Å². The van der Waals surface area contributed by atoms with Crippen molar-refractivity contribution in [2.75, 3.05) is 26.2 Å². The fraction of sp³-hybridized carbons (Fsp3) is 0.227. The van der Waals surface area contributed by atoms with Crippen LogP contribution in [0.4, 0.5) is 10.5 Å². The van der Waals surface area contributed by atoms with Gasteiger partial charge in [0, 0.05) is 11.6 Å². The van der Waals surface area contributed by atoms with Gasteiger partial charge >= 0.3 is 6.03 Å². The Morgan fingerprint density at radius 2 is 1.50 bits per heavy atom. The van der Waals surface area contributed by atoms with E-state index in [0.717, 1.165) is 16.0 Å². The highest BCUT2D eigenvalue weighted by molar-refractivity contribution is 6.39. The molecule has 0 atom stereocenters. The standard InChI is InChI=1S/C22H22N2O6/c1-12-6-7-16(13(2)8-12)24-21(26)15(20(25)23-22(24)27)9-14-10-18(29-4)19(30-5)11-17(14)28-3/h6-11H,1-5H3,(H,23,25,27)/b15-9+. The minimum absolute atomic E-state index is 0.208. The van der Waals surface area contributed by atoms with Crippen LogP contribution in [-0.4, -0.2) is 39.2 Å². The second-order valence-corrected chi connectivity index (χ2v) is 6.70. The Morgan fingerprint density at radius 3 is 2.10 bits per heavy atom. The van der Waals surface area contributed by atoms with Crippen LogP contribution in [0.1, 0.15) is 16.7 Å². The number of carbonyl (C=O) groups excluding carboxylic acids is 3. The van der Waals surface area contributed by atoms with E-state index in [1.807, 2.05) is 13.0 Å². The van der Waals surface area contributed by atoms with Gasteiger partial charge in [0.25, 0.3) is 11.8 Å².